The number of nitrogens with one attached hydrogen (secondary N) is 1. The predicted molar refractivity (Wildman–Crippen MR) is 115 cm³/mol. The summed E-state index contributed by atoms with van der Waals surface area (Å²) in [7, 11) is -3.98. The minimum Gasteiger partial charge on any atom is -0.396 e. The lowest BCUT2D eigenvalue weighted by molar-refractivity contribution is 0.102. The third-order valence-corrected chi connectivity index (χ3v) is 5.94. The number of amides is 1. The molecule has 156 valence electrons. The second kappa shape index (κ2) is 9.11. The maximum Gasteiger partial charge on any atom is 0.339 e. The third kappa shape index (κ3) is 5.25. The van der Waals surface area contributed by atoms with Gasteiger partial charge in [-0.1, -0.05) is 24.3 Å². The summed E-state index contributed by atoms with van der Waals surface area (Å²) in [5.74, 6) is -0.199. The Morgan fingerprint density at radius 3 is 2.27 bits per heavy atom. The molecule has 7 heteroatoms. The molecule has 1 amide bonds. The van der Waals surface area contributed by atoms with Crippen molar-refractivity contribution in [2.75, 3.05) is 11.9 Å². The summed E-state index contributed by atoms with van der Waals surface area (Å²) in [6.07, 6.45) is 0.556. The smallest absolute Gasteiger partial charge is 0.339 e. The van der Waals surface area contributed by atoms with Gasteiger partial charge in [0.2, 0.25) is 0 Å². The Morgan fingerprint density at radius 2 is 1.63 bits per heavy atom. The van der Waals surface area contributed by atoms with E-state index in [0.29, 0.717) is 23.2 Å². The third-order valence-electron chi connectivity index (χ3n) is 4.55. The highest BCUT2D eigenvalue weighted by atomic mass is 32.2. The molecule has 3 aromatic carbocycles. The molecule has 0 radical (unpaired) electrons. The molecule has 0 aliphatic heterocycles. The highest BCUT2D eigenvalue weighted by Gasteiger charge is 2.19. The van der Waals surface area contributed by atoms with Crippen LogP contribution in [0.25, 0.3) is 0 Å². The van der Waals surface area contributed by atoms with E-state index in [2.05, 4.69) is 5.32 Å². The Morgan fingerprint density at radius 1 is 0.967 bits per heavy atom. The Balaban J connectivity index is 1.69. The van der Waals surface area contributed by atoms with Gasteiger partial charge in [-0.05, 0) is 79.4 Å². The van der Waals surface area contributed by atoms with Crippen LogP contribution in [0.5, 0.6) is 5.75 Å². The topological polar surface area (TPSA) is 92.7 Å². The first kappa shape index (κ1) is 21.5. The van der Waals surface area contributed by atoms with Crippen LogP contribution in [0.2, 0.25) is 0 Å². The molecule has 2 N–H and O–H groups in total. The molecule has 0 fully saturated rings. The average molecular weight is 426 g/mol. The van der Waals surface area contributed by atoms with Gasteiger partial charge in [0.1, 0.15) is 10.6 Å². The Hall–Kier alpha value is -3.16. The SMILES string of the molecule is Cc1ccc(C)c(S(=O)(=O)Oc2ccc(C(=O)Nc3ccc(CCO)cc3)cc2)c1. The molecule has 0 atom stereocenters. The molecule has 0 saturated carbocycles. The van der Waals surface area contributed by atoms with Crippen molar-refractivity contribution < 1.29 is 22.5 Å². The quantitative estimate of drug-likeness (QED) is 0.561. The Labute approximate surface area is 176 Å². The number of carbonyl (C=O) groups excluding carboxylic acids is 1. The van der Waals surface area contributed by atoms with E-state index in [0.717, 1.165) is 11.1 Å². The highest BCUT2D eigenvalue weighted by molar-refractivity contribution is 7.87. The summed E-state index contributed by atoms with van der Waals surface area (Å²) in [4.78, 5) is 12.5. The zero-order valence-corrected chi connectivity index (χ0v) is 17.6. The molecule has 6 nitrogen and oxygen atoms in total. The molecule has 0 bridgehead atoms. The van der Waals surface area contributed by atoms with Crippen molar-refractivity contribution in [3.63, 3.8) is 0 Å². The van der Waals surface area contributed by atoms with Gasteiger partial charge in [-0.25, -0.2) is 0 Å². The second-order valence-corrected chi connectivity index (χ2v) is 8.47. The van der Waals surface area contributed by atoms with Gasteiger partial charge in [0.15, 0.2) is 0 Å². The number of aryl methyl sites for hydroxylation is 2. The van der Waals surface area contributed by atoms with E-state index in [-0.39, 0.29) is 23.2 Å². The van der Waals surface area contributed by atoms with Gasteiger partial charge in [0.05, 0.1) is 0 Å². The van der Waals surface area contributed by atoms with Crippen molar-refractivity contribution >= 4 is 21.7 Å². The number of aliphatic hydroxyl groups excluding tert-OH is 1. The number of anilines is 1. The van der Waals surface area contributed by atoms with Gasteiger partial charge in [-0.3, -0.25) is 4.79 Å². The normalized spacial score (nSPS) is 11.2. The fourth-order valence-electron chi connectivity index (χ4n) is 2.90. The lowest BCUT2D eigenvalue weighted by atomic mass is 10.1. The van der Waals surface area contributed by atoms with Crippen LogP contribution >= 0.6 is 0 Å². The van der Waals surface area contributed by atoms with Gasteiger partial charge in [-0.2, -0.15) is 8.42 Å². The van der Waals surface area contributed by atoms with Gasteiger partial charge >= 0.3 is 10.1 Å². The predicted octanol–water partition coefficient (Wildman–Crippen LogP) is 3.86. The maximum absolute atomic E-state index is 12.6. The summed E-state index contributed by atoms with van der Waals surface area (Å²) < 4.78 is 30.4. The lowest BCUT2D eigenvalue weighted by Crippen LogP contribution is -2.13. The van der Waals surface area contributed by atoms with E-state index < -0.39 is 10.1 Å². The van der Waals surface area contributed by atoms with E-state index in [1.807, 2.05) is 25.1 Å². The van der Waals surface area contributed by atoms with Crippen molar-refractivity contribution in [3.05, 3.63) is 89.0 Å². The minimum absolute atomic E-state index is 0.0687. The number of rotatable bonds is 7. The van der Waals surface area contributed by atoms with E-state index in [1.54, 1.807) is 31.2 Å². The average Bonchev–Trinajstić information content (AvgIpc) is 2.71. The lowest BCUT2D eigenvalue weighted by Gasteiger charge is -2.11. The van der Waals surface area contributed by atoms with Gasteiger partial charge < -0.3 is 14.6 Å². The molecule has 0 aliphatic rings. The zero-order valence-electron chi connectivity index (χ0n) is 16.8. The van der Waals surface area contributed by atoms with Crippen molar-refractivity contribution in [1.82, 2.24) is 0 Å². The summed E-state index contributed by atoms with van der Waals surface area (Å²) in [6.45, 7) is 3.59. The van der Waals surface area contributed by atoms with Crippen molar-refractivity contribution in [1.29, 1.82) is 0 Å². The summed E-state index contributed by atoms with van der Waals surface area (Å²) in [6, 6.07) is 18.2. The van der Waals surface area contributed by atoms with E-state index in [4.69, 9.17) is 9.29 Å². The van der Waals surface area contributed by atoms with Crippen LogP contribution in [0.1, 0.15) is 27.0 Å². The van der Waals surface area contributed by atoms with Crippen LogP contribution in [0.15, 0.2) is 71.6 Å². The van der Waals surface area contributed by atoms with Crippen LogP contribution in [0.3, 0.4) is 0 Å². The molecular formula is C23H23NO5S. The molecule has 0 heterocycles. The van der Waals surface area contributed by atoms with Crippen LogP contribution in [-0.4, -0.2) is 26.0 Å². The van der Waals surface area contributed by atoms with Crippen LogP contribution in [-0.2, 0) is 16.5 Å². The number of hydrogen-bond donors (Lipinski definition) is 2. The number of hydrogen-bond acceptors (Lipinski definition) is 5. The van der Waals surface area contributed by atoms with E-state index >= 15 is 0 Å². The molecule has 3 aromatic rings. The largest absolute Gasteiger partial charge is 0.396 e. The molecule has 0 saturated heterocycles. The first-order valence-corrected chi connectivity index (χ1v) is 10.8. The first-order valence-electron chi connectivity index (χ1n) is 9.41. The standard InChI is InChI=1S/C23H23NO5S/c1-16-3-4-17(2)22(15-16)30(27,28)29-21-11-7-19(8-12-21)23(26)24-20-9-5-18(6-10-20)13-14-25/h3-12,15,25H,13-14H2,1-2H3,(H,24,26). The van der Waals surface area contributed by atoms with E-state index in [9.17, 15) is 13.2 Å². The van der Waals surface area contributed by atoms with Crippen molar-refractivity contribution in [3.8, 4) is 5.75 Å². The molecule has 0 unspecified atom stereocenters. The highest BCUT2D eigenvalue weighted by Crippen LogP contribution is 2.23. The summed E-state index contributed by atoms with van der Waals surface area (Å²) >= 11 is 0. The molecule has 30 heavy (non-hydrogen) atoms. The Bertz CT molecular complexity index is 1140. The maximum atomic E-state index is 12.6. The summed E-state index contributed by atoms with van der Waals surface area (Å²) in [5.41, 5.74) is 3.38. The fraction of sp³-hybridized carbons (Fsp3) is 0.174. The van der Waals surface area contributed by atoms with Gasteiger partial charge in [0.25, 0.3) is 5.91 Å². The number of carbonyl (C=O) groups is 1. The summed E-state index contributed by atoms with van der Waals surface area (Å²) in [5, 5.41) is 11.7. The minimum atomic E-state index is -3.98. The second-order valence-electron chi connectivity index (χ2n) is 6.96. The van der Waals surface area contributed by atoms with Crippen LogP contribution < -0.4 is 9.50 Å². The molecule has 0 aliphatic carbocycles. The molecule has 0 spiro atoms. The van der Waals surface area contributed by atoms with E-state index in [1.165, 1.54) is 24.3 Å². The van der Waals surface area contributed by atoms with Crippen LogP contribution in [0, 0.1) is 13.8 Å². The van der Waals surface area contributed by atoms with Gasteiger partial charge in [0, 0.05) is 17.9 Å². The van der Waals surface area contributed by atoms with Gasteiger partial charge in [-0.15, -0.1) is 0 Å². The van der Waals surface area contributed by atoms with Crippen molar-refractivity contribution in [2.24, 2.45) is 0 Å². The first-order chi connectivity index (χ1) is 14.3. The molecular weight excluding hydrogens is 402 g/mol. The fourth-order valence-corrected chi connectivity index (χ4v) is 4.14. The van der Waals surface area contributed by atoms with Crippen LogP contribution in [0.4, 0.5) is 5.69 Å². The van der Waals surface area contributed by atoms with Crippen molar-refractivity contribution in [2.45, 2.75) is 25.2 Å². The molecule has 3 rings (SSSR count). The zero-order chi connectivity index (χ0) is 21.7. The monoisotopic (exact) mass is 425 g/mol. The number of aliphatic hydroxyl groups is 1. The number of benzene rings is 3. The molecule has 0 aromatic heterocycles. The Kier molecular flexibility index (Phi) is 6.54.